The molecule has 1 aromatic heterocycles. The summed E-state index contributed by atoms with van der Waals surface area (Å²) in [6, 6.07) is 9.37. The van der Waals surface area contributed by atoms with Gasteiger partial charge in [-0.2, -0.15) is 0 Å². The summed E-state index contributed by atoms with van der Waals surface area (Å²) in [5.74, 6) is 0. The number of benzene rings is 1. The van der Waals surface area contributed by atoms with Crippen LogP contribution in [0, 0.1) is 0 Å². The minimum absolute atomic E-state index is 0.702. The average molecular weight is 203 g/mol. The molecule has 0 aliphatic heterocycles. The van der Waals surface area contributed by atoms with Crippen LogP contribution in [0.4, 0.5) is 5.69 Å². The Bertz CT molecular complexity index is 462. The van der Waals surface area contributed by atoms with Crippen LogP contribution in [0.2, 0.25) is 0 Å². The zero-order valence-corrected chi connectivity index (χ0v) is 8.25. The first-order valence-electron chi connectivity index (χ1n) is 4.20. The average Bonchev–Trinajstić information content (AvgIpc) is 2.66. The Balaban J connectivity index is 2.60. The fourth-order valence-electron chi connectivity index (χ4n) is 1.33. The fraction of sp³-hybridized carbons (Fsp3) is 0. The van der Waals surface area contributed by atoms with Crippen molar-refractivity contribution >= 4 is 23.3 Å². The van der Waals surface area contributed by atoms with Gasteiger partial charge in [0.15, 0.2) is 6.29 Å². The van der Waals surface area contributed by atoms with Crippen molar-refractivity contribution in [2.24, 2.45) is 0 Å². The van der Waals surface area contributed by atoms with E-state index in [1.165, 1.54) is 11.3 Å². The van der Waals surface area contributed by atoms with Gasteiger partial charge in [0.1, 0.15) is 0 Å². The third kappa shape index (κ3) is 1.42. The zero-order valence-electron chi connectivity index (χ0n) is 7.44. The SMILES string of the molecule is Nc1ccccc1-c1sccc1C=O. The Morgan fingerprint density at radius 2 is 2.00 bits per heavy atom. The van der Waals surface area contributed by atoms with Crippen molar-refractivity contribution in [3.63, 3.8) is 0 Å². The van der Waals surface area contributed by atoms with Gasteiger partial charge in [0.05, 0.1) is 0 Å². The Morgan fingerprint density at radius 3 is 2.71 bits per heavy atom. The van der Waals surface area contributed by atoms with Crippen molar-refractivity contribution in [2.75, 3.05) is 5.73 Å². The molecule has 0 atom stereocenters. The fourth-order valence-corrected chi connectivity index (χ4v) is 2.25. The molecule has 14 heavy (non-hydrogen) atoms. The Hall–Kier alpha value is -1.61. The number of hydrogen-bond donors (Lipinski definition) is 1. The maximum Gasteiger partial charge on any atom is 0.151 e. The molecule has 3 heteroatoms. The predicted molar refractivity (Wildman–Crippen MR) is 59.6 cm³/mol. The van der Waals surface area contributed by atoms with Crippen LogP contribution in [-0.2, 0) is 0 Å². The molecule has 0 fully saturated rings. The molecule has 1 heterocycles. The van der Waals surface area contributed by atoms with Crippen molar-refractivity contribution in [3.8, 4) is 10.4 Å². The Kier molecular flexibility index (Phi) is 2.33. The number of nitrogen functional groups attached to an aromatic ring is 1. The number of carbonyl (C=O) groups is 1. The molecule has 0 aliphatic carbocycles. The normalized spacial score (nSPS) is 10.0. The largest absolute Gasteiger partial charge is 0.398 e. The lowest BCUT2D eigenvalue weighted by Crippen LogP contribution is -1.89. The molecule has 0 radical (unpaired) electrons. The smallest absolute Gasteiger partial charge is 0.151 e. The van der Waals surface area contributed by atoms with E-state index in [9.17, 15) is 4.79 Å². The predicted octanol–water partition coefficient (Wildman–Crippen LogP) is 2.81. The van der Waals surface area contributed by atoms with Gasteiger partial charge in [-0.1, -0.05) is 18.2 Å². The van der Waals surface area contributed by atoms with Crippen LogP contribution in [0.1, 0.15) is 10.4 Å². The number of anilines is 1. The number of para-hydroxylation sites is 1. The molecule has 70 valence electrons. The van der Waals surface area contributed by atoms with E-state index in [2.05, 4.69) is 0 Å². The molecular formula is C11H9NOS. The van der Waals surface area contributed by atoms with Gasteiger partial charge < -0.3 is 5.73 Å². The van der Waals surface area contributed by atoms with Gasteiger partial charge >= 0.3 is 0 Å². The molecule has 0 unspecified atom stereocenters. The quantitative estimate of drug-likeness (QED) is 0.602. The molecule has 0 saturated heterocycles. The van der Waals surface area contributed by atoms with Crippen molar-refractivity contribution in [2.45, 2.75) is 0 Å². The lowest BCUT2D eigenvalue weighted by Gasteiger charge is -2.02. The summed E-state index contributed by atoms with van der Waals surface area (Å²) in [6.45, 7) is 0. The van der Waals surface area contributed by atoms with Gasteiger partial charge in [0.2, 0.25) is 0 Å². The highest BCUT2D eigenvalue weighted by Gasteiger charge is 2.07. The van der Waals surface area contributed by atoms with E-state index < -0.39 is 0 Å². The van der Waals surface area contributed by atoms with E-state index in [1.807, 2.05) is 29.6 Å². The first-order chi connectivity index (χ1) is 6.83. The van der Waals surface area contributed by atoms with Crippen LogP contribution in [0.3, 0.4) is 0 Å². The molecule has 0 spiro atoms. The second kappa shape index (κ2) is 3.64. The molecule has 0 amide bonds. The van der Waals surface area contributed by atoms with E-state index in [1.54, 1.807) is 6.07 Å². The third-order valence-corrected chi connectivity index (χ3v) is 2.99. The molecule has 2 rings (SSSR count). The van der Waals surface area contributed by atoms with Gasteiger partial charge in [-0.3, -0.25) is 4.79 Å². The van der Waals surface area contributed by atoms with Crippen molar-refractivity contribution < 1.29 is 4.79 Å². The van der Waals surface area contributed by atoms with E-state index in [-0.39, 0.29) is 0 Å². The summed E-state index contributed by atoms with van der Waals surface area (Å²) in [5.41, 5.74) is 8.17. The van der Waals surface area contributed by atoms with E-state index >= 15 is 0 Å². The molecule has 0 aliphatic rings. The zero-order chi connectivity index (χ0) is 9.97. The summed E-state index contributed by atoms with van der Waals surface area (Å²) in [7, 11) is 0. The number of carbonyl (C=O) groups excluding carboxylic acids is 1. The number of aldehydes is 1. The van der Waals surface area contributed by atoms with Crippen molar-refractivity contribution in [1.29, 1.82) is 0 Å². The van der Waals surface area contributed by atoms with Crippen LogP contribution in [0.25, 0.3) is 10.4 Å². The van der Waals surface area contributed by atoms with Gasteiger partial charge in [-0.25, -0.2) is 0 Å². The number of rotatable bonds is 2. The van der Waals surface area contributed by atoms with Crippen molar-refractivity contribution in [3.05, 3.63) is 41.3 Å². The van der Waals surface area contributed by atoms with E-state index in [4.69, 9.17) is 5.73 Å². The number of nitrogens with two attached hydrogens (primary N) is 1. The van der Waals surface area contributed by atoms with Gasteiger partial charge in [0, 0.05) is 21.7 Å². The van der Waals surface area contributed by atoms with Gasteiger partial charge in [0.25, 0.3) is 0 Å². The first kappa shape index (κ1) is 8.97. The second-order valence-corrected chi connectivity index (χ2v) is 3.83. The highest BCUT2D eigenvalue weighted by Crippen LogP contribution is 2.32. The maximum absolute atomic E-state index is 10.7. The Morgan fingerprint density at radius 1 is 1.21 bits per heavy atom. The minimum Gasteiger partial charge on any atom is -0.398 e. The van der Waals surface area contributed by atoms with E-state index in [0.717, 1.165) is 16.7 Å². The molecule has 2 nitrogen and oxygen atoms in total. The highest BCUT2D eigenvalue weighted by molar-refractivity contribution is 7.14. The highest BCUT2D eigenvalue weighted by atomic mass is 32.1. The molecule has 0 bridgehead atoms. The summed E-state index contributed by atoms with van der Waals surface area (Å²) < 4.78 is 0. The lowest BCUT2D eigenvalue weighted by atomic mass is 10.1. The summed E-state index contributed by atoms with van der Waals surface area (Å²) in [4.78, 5) is 11.7. The molecular weight excluding hydrogens is 194 g/mol. The summed E-state index contributed by atoms with van der Waals surface area (Å²) in [6.07, 6.45) is 0.859. The number of hydrogen-bond acceptors (Lipinski definition) is 3. The van der Waals surface area contributed by atoms with Crippen LogP contribution in [0.5, 0.6) is 0 Å². The van der Waals surface area contributed by atoms with Crippen LogP contribution < -0.4 is 5.73 Å². The Labute approximate surface area is 86.0 Å². The molecule has 2 aromatic rings. The molecule has 2 N–H and O–H groups in total. The minimum atomic E-state index is 0.702. The van der Waals surface area contributed by atoms with E-state index in [0.29, 0.717) is 11.3 Å². The van der Waals surface area contributed by atoms with Gasteiger partial charge in [-0.05, 0) is 17.5 Å². The molecule has 1 aromatic carbocycles. The topological polar surface area (TPSA) is 43.1 Å². The summed E-state index contributed by atoms with van der Waals surface area (Å²) in [5, 5.41) is 1.89. The first-order valence-corrected chi connectivity index (χ1v) is 5.08. The van der Waals surface area contributed by atoms with Gasteiger partial charge in [-0.15, -0.1) is 11.3 Å². The third-order valence-electron chi connectivity index (χ3n) is 2.03. The second-order valence-electron chi connectivity index (χ2n) is 2.91. The lowest BCUT2D eigenvalue weighted by molar-refractivity contribution is 0.112. The maximum atomic E-state index is 10.7. The van der Waals surface area contributed by atoms with Crippen LogP contribution >= 0.6 is 11.3 Å². The molecule has 0 saturated carbocycles. The van der Waals surface area contributed by atoms with Crippen LogP contribution in [-0.4, -0.2) is 6.29 Å². The van der Waals surface area contributed by atoms with Crippen LogP contribution in [0.15, 0.2) is 35.7 Å². The monoisotopic (exact) mass is 203 g/mol. The standard InChI is InChI=1S/C11H9NOS/c12-10-4-2-1-3-9(10)11-8(7-13)5-6-14-11/h1-7H,12H2. The number of thiophene rings is 1. The summed E-state index contributed by atoms with van der Waals surface area (Å²) >= 11 is 1.53. The van der Waals surface area contributed by atoms with Crippen molar-refractivity contribution in [1.82, 2.24) is 0 Å².